The molecule has 0 saturated carbocycles. The van der Waals surface area contributed by atoms with Gasteiger partial charge >= 0.3 is 0 Å². The summed E-state index contributed by atoms with van der Waals surface area (Å²) < 4.78 is 2.58. The van der Waals surface area contributed by atoms with Crippen molar-refractivity contribution in [3.63, 3.8) is 0 Å². The zero-order valence-corrected chi connectivity index (χ0v) is 13.7. The van der Waals surface area contributed by atoms with Gasteiger partial charge in [0.05, 0.1) is 10.2 Å². The minimum Gasteiger partial charge on any atom is -0.255 e. The Labute approximate surface area is 121 Å². The molecule has 0 amide bonds. The maximum atomic E-state index is 4.38. The first-order valence-corrected chi connectivity index (χ1v) is 7.99. The lowest BCUT2D eigenvalue weighted by Crippen LogP contribution is -1.69. The largest absolute Gasteiger partial charge is 0.255 e. The Morgan fingerprint density at radius 2 is 1.32 bits per heavy atom. The summed E-state index contributed by atoms with van der Waals surface area (Å²) in [5.74, 6) is 0. The van der Waals surface area contributed by atoms with Crippen LogP contribution in [-0.4, -0.2) is 4.98 Å². The van der Waals surface area contributed by atoms with Crippen molar-refractivity contribution >= 4 is 31.6 Å². The fraction of sp³-hybridized carbons (Fsp3) is 0.353. The highest BCUT2D eigenvalue weighted by atomic mass is 32.1. The first-order valence-electron chi connectivity index (χ1n) is 7.17. The molecule has 104 valence electrons. The van der Waals surface area contributed by atoms with Crippen LogP contribution in [0.25, 0.3) is 20.3 Å². The van der Waals surface area contributed by atoms with Crippen LogP contribution in [0.5, 0.6) is 0 Å². The summed E-state index contributed by atoms with van der Waals surface area (Å²) in [4.78, 5) is 4.38. The molecule has 1 nitrogen and oxygen atoms in total. The smallest absolute Gasteiger partial charge is 0.0888 e. The van der Waals surface area contributed by atoms with Crippen LogP contribution in [0, 0.1) is 0 Å². The number of hydrogen-bond acceptors (Lipinski definition) is 2. The van der Waals surface area contributed by atoms with Crippen molar-refractivity contribution in [3.8, 4) is 0 Å². The molecular formula is C17H25NS. The van der Waals surface area contributed by atoms with Gasteiger partial charge in [0.25, 0.3) is 0 Å². The van der Waals surface area contributed by atoms with Gasteiger partial charge in [-0.05, 0) is 18.2 Å². The van der Waals surface area contributed by atoms with Crippen LogP contribution in [0.1, 0.15) is 41.5 Å². The van der Waals surface area contributed by atoms with Crippen molar-refractivity contribution in [2.45, 2.75) is 41.5 Å². The van der Waals surface area contributed by atoms with Gasteiger partial charge in [-0.1, -0.05) is 59.7 Å². The van der Waals surface area contributed by atoms with Crippen molar-refractivity contribution in [2.75, 3.05) is 0 Å². The summed E-state index contributed by atoms with van der Waals surface area (Å²) in [6.45, 7) is 12.0. The highest BCUT2D eigenvalue weighted by Crippen LogP contribution is 2.31. The number of fused-ring (bicyclic) bond motifs is 3. The molecule has 0 fully saturated rings. The van der Waals surface area contributed by atoms with Crippen LogP contribution in [0.2, 0.25) is 0 Å². The zero-order chi connectivity index (χ0) is 14.7. The molecule has 0 unspecified atom stereocenters. The van der Waals surface area contributed by atoms with Gasteiger partial charge in [-0.2, -0.15) is 0 Å². The maximum absolute atomic E-state index is 4.38. The van der Waals surface area contributed by atoms with E-state index in [1.54, 1.807) is 11.3 Å². The minimum atomic E-state index is 1.13. The van der Waals surface area contributed by atoms with Crippen molar-refractivity contribution in [1.29, 1.82) is 0 Å². The van der Waals surface area contributed by atoms with E-state index < -0.39 is 0 Å². The van der Waals surface area contributed by atoms with E-state index in [1.165, 1.54) is 14.8 Å². The van der Waals surface area contributed by atoms with Crippen molar-refractivity contribution in [3.05, 3.63) is 42.6 Å². The Hall–Kier alpha value is -1.41. The minimum absolute atomic E-state index is 1.13. The molecule has 0 saturated heterocycles. The molecule has 0 aliphatic rings. The summed E-state index contributed by atoms with van der Waals surface area (Å²) in [7, 11) is 0. The fourth-order valence-corrected chi connectivity index (χ4v) is 2.61. The van der Waals surface area contributed by atoms with E-state index in [2.05, 4.69) is 35.3 Å². The summed E-state index contributed by atoms with van der Waals surface area (Å²) >= 11 is 1.80. The first-order chi connectivity index (χ1) is 9.45. The highest BCUT2D eigenvalue weighted by molar-refractivity contribution is 7.25. The maximum Gasteiger partial charge on any atom is 0.0888 e. The van der Waals surface area contributed by atoms with Crippen LogP contribution in [0.4, 0.5) is 0 Å². The molecule has 3 rings (SSSR count). The Balaban J connectivity index is 0.000000482. The lowest BCUT2D eigenvalue weighted by atomic mass is 10.2. The molecule has 0 N–H and O–H groups in total. The molecule has 3 aromatic rings. The van der Waals surface area contributed by atoms with Gasteiger partial charge in [0.2, 0.25) is 0 Å². The third kappa shape index (κ3) is 4.32. The number of thiophene rings is 1. The van der Waals surface area contributed by atoms with Crippen LogP contribution < -0.4 is 0 Å². The average molecular weight is 275 g/mol. The van der Waals surface area contributed by atoms with Gasteiger partial charge in [0.15, 0.2) is 0 Å². The second-order valence-electron chi connectivity index (χ2n) is 2.95. The number of benzene rings is 1. The topological polar surface area (TPSA) is 12.9 Å². The van der Waals surface area contributed by atoms with Gasteiger partial charge in [0.1, 0.15) is 0 Å². The molecule has 2 heteroatoms. The summed E-state index contributed by atoms with van der Waals surface area (Å²) in [5.41, 5.74) is 1.13. The van der Waals surface area contributed by atoms with E-state index in [-0.39, 0.29) is 0 Å². The molecule has 0 atom stereocenters. The highest BCUT2D eigenvalue weighted by Gasteiger charge is 2.02. The van der Waals surface area contributed by atoms with E-state index in [4.69, 9.17) is 0 Å². The van der Waals surface area contributed by atoms with E-state index >= 15 is 0 Å². The third-order valence-electron chi connectivity index (χ3n) is 2.13. The zero-order valence-electron chi connectivity index (χ0n) is 12.9. The Bertz CT molecular complexity index is 519. The van der Waals surface area contributed by atoms with Crippen molar-refractivity contribution in [1.82, 2.24) is 4.98 Å². The predicted molar refractivity (Wildman–Crippen MR) is 91.2 cm³/mol. The molecule has 19 heavy (non-hydrogen) atoms. The molecule has 1 aromatic carbocycles. The number of nitrogens with zero attached hydrogens (tertiary/aromatic N) is 1. The normalized spacial score (nSPS) is 8.53. The van der Waals surface area contributed by atoms with Crippen LogP contribution in [-0.2, 0) is 0 Å². The average Bonchev–Trinajstić information content (AvgIpc) is 2.92. The summed E-state index contributed by atoms with van der Waals surface area (Å²) in [5, 5.41) is 1.27. The number of aromatic nitrogens is 1. The van der Waals surface area contributed by atoms with Crippen LogP contribution in [0.15, 0.2) is 42.6 Å². The molecule has 2 heterocycles. The number of rotatable bonds is 0. The SMILES string of the molecule is CC.CC.CC.c1ccc2c(c1)sc1cccnc12. The first kappa shape index (κ1) is 17.6. The molecule has 0 bridgehead atoms. The van der Waals surface area contributed by atoms with Crippen LogP contribution >= 0.6 is 11.3 Å². The molecular weight excluding hydrogens is 250 g/mol. The predicted octanol–water partition coefficient (Wildman–Crippen LogP) is 6.53. The monoisotopic (exact) mass is 275 g/mol. The van der Waals surface area contributed by atoms with Gasteiger partial charge in [-0.25, -0.2) is 0 Å². The van der Waals surface area contributed by atoms with Crippen molar-refractivity contribution < 1.29 is 0 Å². The molecule has 0 spiro atoms. The van der Waals surface area contributed by atoms with Gasteiger partial charge in [-0.3, -0.25) is 4.98 Å². The Morgan fingerprint density at radius 3 is 2.00 bits per heavy atom. The summed E-state index contributed by atoms with van der Waals surface area (Å²) in [6, 6.07) is 12.5. The molecule has 2 aromatic heterocycles. The quantitative estimate of drug-likeness (QED) is 0.454. The Kier molecular flexibility index (Phi) is 9.73. The standard InChI is InChI=1S/C11H7NS.3C2H6/c1-2-5-9-8(4-1)11-10(13-9)6-3-7-12-11;3*1-2/h1-7H;3*1-2H3. The molecule has 0 aliphatic carbocycles. The fourth-order valence-electron chi connectivity index (χ4n) is 1.54. The number of pyridine rings is 1. The molecule has 0 aliphatic heterocycles. The molecule has 0 radical (unpaired) electrons. The van der Waals surface area contributed by atoms with E-state index in [0.717, 1.165) is 5.52 Å². The lowest BCUT2D eigenvalue weighted by Gasteiger charge is -1.87. The van der Waals surface area contributed by atoms with E-state index in [0.29, 0.717) is 0 Å². The van der Waals surface area contributed by atoms with Crippen molar-refractivity contribution in [2.24, 2.45) is 0 Å². The van der Waals surface area contributed by atoms with Gasteiger partial charge < -0.3 is 0 Å². The van der Waals surface area contributed by atoms with E-state index in [9.17, 15) is 0 Å². The Morgan fingerprint density at radius 1 is 0.737 bits per heavy atom. The van der Waals surface area contributed by atoms with E-state index in [1.807, 2.05) is 53.8 Å². The second kappa shape index (κ2) is 10.5. The van der Waals surface area contributed by atoms with Gasteiger partial charge in [-0.15, -0.1) is 11.3 Å². The van der Waals surface area contributed by atoms with Gasteiger partial charge in [0, 0.05) is 16.3 Å². The second-order valence-corrected chi connectivity index (χ2v) is 4.03. The summed E-state index contributed by atoms with van der Waals surface area (Å²) in [6.07, 6.45) is 1.85. The lowest BCUT2D eigenvalue weighted by molar-refractivity contribution is 1.44. The third-order valence-corrected chi connectivity index (χ3v) is 3.26. The van der Waals surface area contributed by atoms with Crippen LogP contribution in [0.3, 0.4) is 0 Å². The number of hydrogen-bond donors (Lipinski definition) is 0.